The molecule has 0 amide bonds. The zero-order chi connectivity index (χ0) is 11.1. The first kappa shape index (κ1) is 13.0. The van der Waals surface area contributed by atoms with Gasteiger partial charge in [0.05, 0.1) is 5.69 Å². The average molecular weight is 244 g/mol. The highest BCUT2D eigenvalue weighted by molar-refractivity contribution is 7.98. The lowest BCUT2D eigenvalue weighted by atomic mass is 10.2. The van der Waals surface area contributed by atoms with Gasteiger partial charge in [0, 0.05) is 17.2 Å². The predicted molar refractivity (Wildman–Crippen MR) is 70.7 cm³/mol. The van der Waals surface area contributed by atoms with E-state index in [1.807, 2.05) is 11.8 Å². The van der Waals surface area contributed by atoms with Crippen LogP contribution in [0.5, 0.6) is 0 Å². The summed E-state index contributed by atoms with van der Waals surface area (Å²) in [5.74, 6) is 2.30. The van der Waals surface area contributed by atoms with Crippen molar-refractivity contribution in [2.24, 2.45) is 0 Å². The van der Waals surface area contributed by atoms with Crippen LogP contribution in [0.4, 0.5) is 0 Å². The van der Waals surface area contributed by atoms with E-state index in [9.17, 15) is 0 Å². The van der Waals surface area contributed by atoms with Crippen LogP contribution in [0.2, 0.25) is 0 Å². The van der Waals surface area contributed by atoms with Crippen molar-refractivity contribution in [1.29, 1.82) is 0 Å². The molecule has 4 heteroatoms. The second-order valence-corrected chi connectivity index (χ2v) is 5.55. The molecule has 15 heavy (non-hydrogen) atoms. The molecule has 0 saturated heterocycles. The molecule has 0 saturated carbocycles. The number of hydrogen-bond donors (Lipinski definition) is 1. The van der Waals surface area contributed by atoms with Crippen molar-refractivity contribution in [2.75, 3.05) is 12.3 Å². The molecule has 1 aromatic heterocycles. The maximum Gasteiger partial charge on any atom is 0.103 e. The minimum atomic E-state index is 0.385. The summed E-state index contributed by atoms with van der Waals surface area (Å²) in [6, 6.07) is 0.385. The fraction of sp³-hybridized carbons (Fsp3) is 0.727. The maximum absolute atomic E-state index is 4.64. The first-order valence-electron chi connectivity index (χ1n) is 5.53. The number of rotatable bonds is 7. The van der Waals surface area contributed by atoms with Crippen LogP contribution in [-0.2, 0) is 5.75 Å². The van der Waals surface area contributed by atoms with E-state index in [2.05, 4.69) is 36.5 Å². The number of hydrogen-bond acceptors (Lipinski definition) is 4. The van der Waals surface area contributed by atoms with Crippen molar-refractivity contribution < 1.29 is 0 Å². The largest absolute Gasteiger partial charge is 0.309 e. The highest BCUT2D eigenvalue weighted by atomic mass is 32.2. The average Bonchev–Trinajstić information content (AvgIpc) is 2.67. The van der Waals surface area contributed by atoms with Gasteiger partial charge in [0.2, 0.25) is 0 Å². The second kappa shape index (κ2) is 7.25. The summed E-state index contributed by atoms with van der Waals surface area (Å²) in [4.78, 5) is 4.64. The lowest BCUT2D eigenvalue weighted by Crippen LogP contribution is -2.17. The van der Waals surface area contributed by atoms with E-state index in [-0.39, 0.29) is 0 Å². The van der Waals surface area contributed by atoms with Gasteiger partial charge in [-0.05, 0) is 25.6 Å². The molecule has 2 nitrogen and oxygen atoms in total. The van der Waals surface area contributed by atoms with Gasteiger partial charge in [0.1, 0.15) is 5.01 Å². The van der Waals surface area contributed by atoms with E-state index in [1.165, 1.54) is 22.9 Å². The monoisotopic (exact) mass is 244 g/mol. The highest BCUT2D eigenvalue weighted by Crippen LogP contribution is 2.20. The minimum Gasteiger partial charge on any atom is -0.309 e. The van der Waals surface area contributed by atoms with Crippen molar-refractivity contribution in [3.05, 3.63) is 16.1 Å². The van der Waals surface area contributed by atoms with Crippen molar-refractivity contribution >= 4 is 23.1 Å². The van der Waals surface area contributed by atoms with E-state index >= 15 is 0 Å². The summed E-state index contributed by atoms with van der Waals surface area (Å²) in [6.07, 6.45) is 1.25. The quantitative estimate of drug-likeness (QED) is 0.744. The molecule has 0 aliphatic carbocycles. The maximum atomic E-state index is 4.64. The SMILES string of the molecule is CCCSCc1nc(C(C)NCC)cs1. The normalized spacial score (nSPS) is 13.0. The lowest BCUT2D eigenvalue weighted by Gasteiger charge is -2.08. The summed E-state index contributed by atoms with van der Waals surface area (Å²) >= 11 is 3.75. The van der Waals surface area contributed by atoms with Crippen molar-refractivity contribution in [1.82, 2.24) is 10.3 Å². The van der Waals surface area contributed by atoms with E-state index in [1.54, 1.807) is 11.3 Å². The van der Waals surface area contributed by atoms with Crippen LogP contribution < -0.4 is 5.32 Å². The molecule has 1 unspecified atom stereocenters. The molecule has 1 N–H and O–H groups in total. The molecule has 1 atom stereocenters. The Balaban J connectivity index is 2.41. The minimum absolute atomic E-state index is 0.385. The van der Waals surface area contributed by atoms with Crippen molar-refractivity contribution in [3.63, 3.8) is 0 Å². The van der Waals surface area contributed by atoms with Crippen LogP contribution in [-0.4, -0.2) is 17.3 Å². The third-order valence-corrected chi connectivity index (χ3v) is 4.32. The summed E-state index contributed by atoms with van der Waals surface area (Å²) in [5.41, 5.74) is 1.19. The molecule has 0 bridgehead atoms. The van der Waals surface area contributed by atoms with Gasteiger partial charge in [-0.2, -0.15) is 11.8 Å². The van der Waals surface area contributed by atoms with Crippen LogP contribution >= 0.6 is 23.1 Å². The Morgan fingerprint density at radius 3 is 3.00 bits per heavy atom. The number of thioether (sulfide) groups is 1. The van der Waals surface area contributed by atoms with Gasteiger partial charge in [-0.15, -0.1) is 11.3 Å². The number of thiazole rings is 1. The zero-order valence-electron chi connectivity index (χ0n) is 9.75. The van der Waals surface area contributed by atoms with Gasteiger partial charge in [0.15, 0.2) is 0 Å². The van der Waals surface area contributed by atoms with Gasteiger partial charge in [0.25, 0.3) is 0 Å². The molecule has 0 radical (unpaired) electrons. The first-order chi connectivity index (χ1) is 7.27. The van der Waals surface area contributed by atoms with Crippen LogP contribution in [0.25, 0.3) is 0 Å². The topological polar surface area (TPSA) is 24.9 Å². The first-order valence-corrected chi connectivity index (χ1v) is 7.56. The van der Waals surface area contributed by atoms with Gasteiger partial charge in [-0.3, -0.25) is 0 Å². The van der Waals surface area contributed by atoms with Gasteiger partial charge in [-0.1, -0.05) is 13.8 Å². The van der Waals surface area contributed by atoms with Crippen molar-refractivity contribution in [3.8, 4) is 0 Å². The molecule has 1 rings (SSSR count). The Hall–Kier alpha value is -0.0600. The van der Waals surface area contributed by atoms with E-state index < -0.39 is 0 Å². The number of nitrogens with zero attached hydrogens (tertiary/aromatic N) is 1. The summed E-state index contributed by atoms with van der Waals surface area (Å²) in [7, 11) is 0. The summed E-state index contributed by atoms with van der Waals surface area (Å²) < 4.78 is 0. The van der Waals surface area contributed by atoms with Crippen LogP contribution in [0, 0.1) is 0 Å². The highest BCUT2D eigenvalue weighted by Gasteiger charge is 2.08. The molecule has 0 spiro atoms. The Morgan fingerprint density at radius 2 is 2.33 bits per heavy atom. The van der Waals surface area contributed by atoms with Crippen LogP contribution in [0.15, 0.2) is 5.38 Å². The third kappa shape index (κ3) is 4.53. The summed E-state index contributed by atoms with van der Waals surface area (Å²) in [6.45, 7) is 7.51. The smallest absolute Gasteiger partial charge is 0.103 e. The molecule has 86 valence electrons. The van der Waals surface area contributed by atoms with E-state index in [0.717, 1.165) is 12.3 Å². The molecule has 0 aliphatic heterocycles. The number of aromatic nitrogens is 1. The Morgan fingerprint density at radius 1 is 1.53 bits per heavy atom. The Labute approximate surface area is 101 Å². The molecular weight excluding hydrogens is 224 g/mol. The molecule has 0 fully saturated rings. The zero-order valence-corrected chi connectivity index (χ0v) is 11.4. The number of nitrogens with one attached hydrogen (secondary N) is 1. The van der Waals surface area contributed by atoms with E-state index in [4.69, 9.17) is 0 Å². The third-order valence-electron chi connectivity index (χ3n) is 2.10. The lowest BCUT2D eigenvalue weighted by molar-refractivity contribution is 0.585. The molecule has 1 aromatic rings. The summed E-state index contributed by atoms with van der Waals surface area (Å²) in [5, 5.41) is 6.81. The molecule has 0 aromatic carbocycles. The fourth-order valence-corrected chi connectivity index (χ4v) is 3.17. The standard InChI is InChI=1S/C11H20N2S2/c1-4-6-14-8-11-13-10(7-15-11)9(3)12-5-2/h7,9,12H,4-6,8H2,1-3H3. The van der Waals surface area contributed by atoms with Crippen LogP contribution in [0.3, 0.4) is 0 Å². The Bertz CT molecular complexity index is 273. The molecular formula is C11H20N2S2. The predicted octanol–water partition coefficient (Wildman–Crippen LogP) is 3.46. The molecule has 0 aliphatic rings. The van der Waals surface area contributed by atoms with E-state index in [0.29, 0.717) is 6.04 Å². The van der Waals surface area contributed by atoms with Gasteiger partial charge in [-0.25, -0.2) is 4.98 Å². The fourth-order valence-electron chi connectivity index (χ4n) is 1.30. The second-order valence-electron chi connectivity index (χ2n) is 3.50. The van der Waals surface area contributed by atoms with Gasteiger partial charge < -0.3 is 5.32 Å². The van der Waals surface area contributed by atoms with Gasteiger partial charge >= 0.3 is 0 Å². The Kier molecular flexibility index (Phi) is 6.29. The molecule has 1 heterocycles. The van der Waals surface area contributed by atoms with Crippen molar-refractivity contribution in [2.45, 2.75) is 39.0 Å². The van der Waals surface area contributed by atoms with Crippen LogP contribution in [0.1, 0.15) is 43.9 Å².